The molecule has 0 aliphatic carbocycles. The SMILES string of the molecule is c1ccc(-n2c3c(c4ccccc42)-c2ccccc2-c2c(n(-c4ccccc4)c4ccccc24)B3c2cccc3c2oc2ccccc23)cc1. The van der Waals surface area contributed by atoms with Gasteiger partial charge in [0.25, 0.3) is 6.71 Å². The summed E-state index contributed by atoms with van der Waals surface area (Å²) >= 11 is 0. The van der Waals surface area contributed by atoms with Gasteiger partial charge in [0.1, 0.15) is 11.2 Å². The van der Waals surface area contributed by atoms with Gasteiger partial charge in [-0.2, -0.15) is 0 Å². The van der Waals surface area contributed by atoms with Crippen LogP contribution in [0.2, 0.25) is 0 Å². The molecule has 0 N–H and O–H groups in total. The fourth-order valence-electron chi connectivity index (χ4n) is 8.68. The molecule has 0 amide bonds. The van der Waals surface area contributed by atoms with Crippen LogP contribution in [0.4, 0.5) is 0 Å². The highest BCUT2D eigenvalue weighted by atomic mass is 16.3. The third kappa shape index (κ3) is 3.70. The summed E-state index contributed by atoms with van der Waals surface area (Å²) < 4.78 is 11.9. The number of rotatable bonds is 3. The molecule has 0 atom stereocenters. The summed E-state index contributed by atoms with van der Waals surface area (Å²) in [6.07, 6.45) is 0. The molecule has 0 radical (unpaired) electrons. The van der Waals surface area contributed by atoms with Crippen molar-refractivity contribution < 1.29 is 4.42 Å². The molecule has 4 heteroatoms. The molecule has 4 heterocycles. The van der Waals surface area contributed by atoms with Crippen molar-refractivity contribution in [2.75, 3.05) is 0 Å². The van der Waals surface area contributed by atoms with Crippen LogP contribution in [0.3, 0.4) is 0 Å². The Morgan fingerprint density at radius 2 is 0.840 bits per heavy atom. The van der Waals surface area contributed by atoms with E-state index in [1.165, 1.54) is 55.2 Å². The fraction of sp³-hybridized carbons (Fsp3) is 0. The minimum absolute atomic E-state index is 0.211. The molecule has 0 saturated carbocycles. The van der Waals surface area contributed by atoms with Gasteiger partial charge in [-0.15, -0.1) is 0 Å². The number of hydrogen-bond acceptors (Lipinski definition) is 1. The first kappa shape index (κ1) is 27.4. The van der Waals surface area contributed by atoms with E-state index >= 15 is 0 Å². The molecule has 0 spiro atoms. The lowest BCUT2D eigenvalue weighted by Gasteiger charge is -2.22. The van der Waals surface area contributed by atoms with Crippen LogP contribution in [0, 0.1) is 0 Å². The van der Waals surface area contributed by atoms with E-state index in [-0.39, 0.29) is 6.71 Å². The molecule has 1 aliphatic heterocycles. The third-order valence-corrected chi connectivity index (χ3v) is 10.6. The number of furan rings is 1. The summed E-state index contributed by atoms with van der Waals surface area (Å²) in [5.41, 5.74) is 15.1. The molecule has 0 bridgehead atoms. The Kier molecular flexibility index (Phi) is 5.76. The molecule has 0 saturated heterocycles. The lowest BCUT2D eigenvalue weighted by molar-refractivity contribution is 0.671. The van der Waals surface area contributed by atoms with E-state index in [1.54, 1.807) is 0 Å². The van der Waals surface area contributed by atoms with Crippen LogP contribution in [-0.4, -0.2) is 15.8 Å². The summed E-state index contributed by atoms with van der Waals surface area (Å²) in [6, 6.07) is 63.6. The second kappa shape index (κ2) is 10.5. The minimum atomic E-state index is -0.211. The number of hydrogen-bond donors (Lipinski definition) is 0. The van der Waals surface area contributed by atoms with Gasteiger partial charge in [0.2, 0.25) is 0 Å². The first-order chi connectivity index (χ1) is 24.9. The van der Waals surface area contributed by atoms with Crippen molar-refractivity contribution in [3.05, 3.63) is 176 Å². The van der Waals surface area contributed by atoms with Crippen LogP contribution in [0.1, 0.15) is 0 Å². The van der Waals surface area contributed by atoms with Gasteiger partial charge in [-0.25, -0.2) is 0 Å². The highest BCUT2D eigenvalue weighted by Gasteiger charge is 2.42. The van der Waals surface area contributed by atoms with Crippen molar-refractivity contribution >= 4 is 67.1 Å². The number of nitrogens with zero attached hydrogens (tertiary/aromatic N) is 2. The molecule has 50 heavy (non-hydrogen) atoms. The highest BCUT2D eigenvalue weighted by Crippen LogP contribution is 2.43. The topological polar surface area (TPSA) is 23.0 Å². The zero-order valence-electron chi connectivity index (χ0n) is 27.1. The Labute approximate surface area is 289 Å². The second-order valence-electron chi connectivity index (χ2n) is 13.2. The van der Waals surface area contributed by atoms with Crippen LogP contribution in [0.5, 0.6) is 0 Å². The third-order valence-electron chi connectivity index (χ3n) is 10.6. The number of benzene rings is 7. The molecule has 7 aromatic carbocycles. The number of fused-ring (bicyclic) bond motifs is 12. The van der Waals surface area contributed by atoms with Gasteiger partial charge in [-0.1, -0.05) is 133 Å². The summed E-state index contributed by atoms with van der Waals surface area (Å²) in [4.78, 5) is 0. The number of aromatic nitrogens is 2. The maximum atomic E-state index is 6.91. The fourth-order valence-corrected chi connectivity index (χ4v) is 8.68. The van der Waals surface area contributed by atoms with Crippen molar-refractivity contribution in [2.45, 2.75) is 0 Å². The van der Waals surface area contributed by atoms with Gasteiger partial charge in [-0.3, -0.25) is 0 Å². The van der Waals surface area contributed by atoms with E-state index in [0.29, 0.717) is 0 Å². The Morgan fingerprint density at radius 1 is 0.380 bits per heavy atom. The van der Waals surface area contributed by atoms with E-state index in [4.69, 9.17) is 4.42 Å². The first-order valence-corrected chi connectivity index (χ1v) is 17.2. The van der Waals surface area contributed by atoms with E-state index in [2.05, 4.69) is 185 Å². The molecule has 232 valence electrons. The average Bonchev–Trinajstić information content (AvgIpc) is 3.82. The van der Waals surface area contributed by atoms with Gasteiger partial charge < -0.3 is 13.6 Å². The van der Waals surface area contributed by atoms with Crippen LogP contribution in [-0.2, 0) is 0 Å². The van der Waals surface area contributed by atoms with E-state index in [1.807, 2.05) is 0 Å². The van der Waals surface area contributed by atoms with Crippen molar-refractivity contribution in [2.24, 2.45) is 0 Å². The molecule has 10 aromatic rings. The smallest absolute Gasteiger partial charge is 0.289 e. The largest absolute Gasteiger partial charge is 0.457 e. The second-order valence-corrected chi connectivity index (χ2v) is 13.2. The molecular formula is C46H29BN2O. The van der Waals surface area contributed by atoms with Crippen molar-refractivity contribution in [3.8, 4) is 33.6 Å². The number of para-hydroxylation sites is 6. The quantitative estimate of drug-likeness (QED) is 0.177. The zero-order valence-corrected chi connectivity index (χ0v) is 27.1. The van der Waals surface area contributed by atoms with Crippen LogP contribution >= 0.6 is 0 Å². The van der Waals surface area contributed by atoms with Crippen LogP contribution in [0.15, 0.2) is 180 Å². The van der Waals surface area contributed by atoms with Gasteiger partial charge >= 0.3 is 0 Å². The predicted octanol–water partition coefficient (Wildman–Crippen LogP) is 9.64. The Hall–Kier alpha value is -6.52. The molecule has 0 unspecified atom stereocenters. The molecule has 1 aliphatic rings. The molecule has 11 rings (SSSR count). The Bertz CT molecular complexity index is 2790. The van der Waals surface area contributed by atoms with Gasteiger partial charge in [-0.05, 0) is 59.1 Å². The summed E-state index contributed by atoms with van der Waals surface area (Å²) in [6.45, 7) is -0.211. The lowest BCUT2D eigenvalue weighted by Crippen LogP contribution is -2.57. The maximum Gasteiger partial charge on any atom is 0.289 e. The monoisotopic (exact) mass is 636 g/mol. The maximum absolute atomic E-state index is 6.91. The minimum Gasteiger partial charge on any atom is -0.457 e. The summed E-state index contributed by atoms with van der Waals surface area (Å²) in [7, 11) is 0. The van der Waals surface area contributed by atoms with Crippen LogP contribution < -0.4 is 16.6 Å². The highest BCUT2D eigenvalue weighted by molar-refractivity contribution is 6.98. The van der Waals surface area contributed by atoms with Crippen molar-refractivity contribution in [1.82, 2.24) is 9.13 Å². The van der Waals surface area contributed by atoms with Gasteiger partial charge in [0.05, 0.1) is 11.0 Å². The van der Waals surface area contributed by atoms with E-state index in [0.717, 1.165) is 38.8 Å². The van der Waals surface area contributed by atoms with Crippen molar-refractivity contribution in [1.29, 1.82) is 0 Å². The Balaban J connectivity index is 1.42. The molecule has 3 aromatic heterocycles. The predicted molar refractivity (Wildman–Crippen MR) is 209 cm³/mol. The van der Waals surface area contributed by atoms with Gasteiger partial charge in [0.15, 0.2) is 0 Å². The zero-order chi connectivity index (χ0) is 32.8. The standard InChI is InChI=1S/C46H29BN2O/c1-3-16-30(17-4-1)48-39-27-12-9-23-36(39)42-33-21-7-8-22-34(33)43-37-24-10-13-28-40(37)49(31-18-5-2-6-19-31)46(43)47(45(42)48)38-26-15-25-35-32-20-11-14-29-41(32)50-44(35)38/h1-29H. The van der Waals surface area contributed by atoms with E-state index in [9.17, 15) is 0 Å². The average molecular weight is 637 g/mol. The molecule has 3 nitrogen and oxygen atoms in total. The summed E-state index contributed by atoms with van der Waals surface area (Å²) in [5, 5.41) is 4.74. The van der Waals surface area contributed by atoms with Gasteiger partial charge in [0, 0.05) is 55.2 Å². The molecule has 0 fully saturated rings. The van der Waals surface area contributed by atoms with E-state index < -0.39 is 0 Å². The normalized spacial score (nSPS) is 12.4. The van der Waals surface area contributed by atoms with Crippen LogP contribution in [0.25, 0.3) is 77.4 Å². The Morgan fingerprint density at radius 3 is 1.42 bits per heavy atom. The lowest BCUT2D eigenvalue weighted by atomic mass is 9.38. The first-order valence-electron chi connectivity index (χ1n) is 17.2. The molecular weight excluding hydrogens is 607 g/mol. The summed E-state index contributed by atoms with van der Waals surface area (Å²) in [5.74, 6) is 0. The van der Waals surface area contributed by atoms with Crippen molar-refractivity contribution in [3.63, 3.8) is 0 Å².